The van der Waals surface area contributed by atoms with E-state index in [1.54, 1.807) is 0 Å². The van der Waals surface area contributed by atoms with Crippen molar-refractivity contribution in [1.29, 1.82) is 0 Å². The molecule has 0 radical (unpaired) electrons. The average molecular weight is 285 g/mol. The lowest BCUT2D eigenvalue weighted by Gasteiger charge is -2.07. The van der Waals surface area contributed by atoms with Crippen LogP contribution in [0.2, 0.25) is 0 Å². The van der Waals surface area contributed by atoms with Crippen LogP contribution in [0.1, 0.15) is 26.2 Å². The molecule has 106 valence electrons. The van der Waals surface area contributed by atoms with Crippen LogP contribution >= 0.6 is 0 Å². The van der Waals surface area contributed by atoms with Crippen LogP contribution in [0.3, 0.4) is 0 Å². The van der Waals surface area contributed by atoms with Gasteiger partial charge in [-0.3, -0.25) is 0 Å². The van der Waals surface area contributed by atoms with Crippen LogP contribution < -0.4 is 15.8 Å². The van der Waals surface area contributed by atoms with Crippen LogP contribution in [0.15, 0.2) is 29.2 Å². The molecule has 0 aliphatic carbocycles. The first-order chi connectivity index (χ1) is 8.93. The summed E-state index contributed by atoms with van der Waals surface area (Å²) in [6, 6.07) is 5.38. The minimum absolute atomic E-state index is 0.0152. The highest BCUT2D eigenvalue weighted by atomic mass is 32.2. The van der Waals surface area contributed by atoms with Crippen LogP contribution in [0.25, 0.3) is 0 Å². The summed E-state index contributed by atoms with van der Waals surface area (Å²) in [5, 5.41) is 10.3. The van der Waals surface area contributed by atoms with Crippen molar-refractivity contribution in [3.8, 4) is 0 Å². The van der Waals surface area contributed by atoms with Gasteiger partial charge in [-0.05, 0) is 30.7 Å². The fourth-order valence-electron chi connectivity index (χ4n) is 1.48. The zero-order valence-corrected chi connectivity index (χ0v) is 11.7. The zero-order chi connectivity index (χ0) is 14.3. The third-order valence-corrected chi connectivity index (χ3v) is 3.44. The van der Waals surface area contributed by atoms with Crippen molar-refractivity contribution < 1.29 is 13.2 Å². The molecule has 0 unspecified atom stereocenters. The number of hydrogen-bond donors (Lipinski definition) is 3. The van der Waals surface area contributed by atoms with E-state index in [1.165, 1.54) is 24.3 Å². The van der Waals surface area contributed by atoms with Crippen LogP contribution in [-0.4, -0.2) is 21.0 Å². The Morgan fingerprint density at radius 3 is 2.37 bits per heavy atom. The van der Waals surface area contributed by atoms with Crippen LogP contribution in [0.4, 0.5) is 10.5 Å². The molecule has 0 saturated heterocycles. The van der Waals surface area contributed by atoms with E-state index < -0.39 is 10.0 Å². The summed E-state index contributed by atoms with van der Waals surface area (Å²) in [4.78, 5) is 11.5. The number of sulfonamides is 1. The van der Waals surface area contributed by atoms with Crippen molar-refractivity contribution in [3.05, 3.63) is 24.3 Å². The minimum Gasteiger partial charge on any atom is -0.338 e. The van der Waals surface area contributed by atoms with Crippen molar-refractivity contribution in [2.45, 2.75) is 31.1 Å². The Bertz CT molecular complexity index is 512. The number of nitrogens with one attached hydrogen (secondary N) is 2. The lowest BCUT2D eigenvalue weighted by Crippen LogP contribution is -2.29. The quantitative estimate of drug-likeness (QED) is 0.692. The third-order valence-electron chi connectivity index (χ3n) is 2.51. The Kier molecular flexibility index (Phi) is 5.78. The number of carbonyl (C=O) groups excluding carboxylic acids is 1. The van der Waals surface area contributed by atoms with Gasteiger partial charge < -0.3 is 10.6 Å². The molecule has 1 aromatic carbocycles. The monoisotopic (exact) mass is 285 g/mol. The molecule has 7 heteroatoms. The van der Waals surface area contributed by atoms with Crippen LogP contribution in [0.5, 0.6) is 0 Å². The average Bonchev–Trinajstić information content (AvgIpc) is 2.34. The molecular formula is C12H19N3O3S. The van der Waals surface area contributed by atoms with Gasteiger partial charge in [0, 0.05) is 12.2 Å². The maximum Gasteiger partial charge on any atom is 0.319 e. The van der Waals surface area contributed by atoms with Gasteiger partial charge in [0.1, 0.15) is 0 Å². The fourth-order valence-corrected chi connectivity index (χ4v) is 2.00. The van der Waals surface area contributed by atoms with E-state index in [4.69, 9.17) is 5.14 Å². The highest BCUT2D eigenvalue weighted by Crippen LogP contribution is 2.12. The van der Waals surface area contributed by atoms with Gasteiger partial charge in [0.25, 0.3) is 0 Å². The number of unbranched alkanes of at least 4 members (excludes halogenated alkanes) is 2. The Balaban J connectivity index is 2.47. The lowest BCUT2D eigenvalue weighted by molar-refractivity contribution is 0.252. The predicted molar refractivity (Wildman–Crippen MR) is 74.4 cm³/mol. The maximum absolute atomic E-state index is 11.5. The van der Waals surface area contributed by atoms with E-state index in [1.807, 2.05) is 0 Å². The molecule has 0 aliphatic heterocycles. The summed E-state index contributed by atoms with van der Waals surface area (Å²) in [7, 11) is -3.70. The predicted octanol–water partition coefficient (Wildman–Crippen LogP) is 1.65. The van der Waals surface area contributed by atoms with Crippen molar-refractivity contribution in [1.82, 2.24) is 5.32 Å². The molecule has 0 atom stereocenters. The number of urea groups is 1. The summed E-state index contributed by atoms with van der Waals surface area (Å²) in [6.07, 6.45) is 3.11. The number of nitrogens with two attached hydrogens (primary N) is 1. The fraction of sp³-hybridized carbons (Fsp3) is 0.417. The molecule has 6 nitrogen and oxygen atoms in total. The molecule has 0 aliphatic rings. The maximum atomic E-state index is 11.5. The van der Waals surface area contributed by atoms with Crippen molar-refractivity contribution in [2.75, 3.05) is 11.9 Å². The number of amides is 2. The first-order valence-electron chi connectivity index (χ1n) is 6.11. The second-order valence-corrected chi connectivity index (χ2v) is 5.72. The topological polar surface area (TPSA) is 101 Å². The number of primary sulfonamides is 1. The molecule has 2 amide bonds. The number of benzene rings is 1. The zero-order valence-electron chi connectivity index (χ0n) is 10.8. The molecule has 1 rings (SSSR count). The normalized spacial score (nSPS) is 11.1. The van der Waals surface area contributed by atoms with E-state index in [9.17, 15) is 13.2 Å². The van der Waals surface area contributed by atoms with Gasteiger partial charge in [-0.25, -0.2) is 18.4 Å². The van der Waals surface area contributed by atoms with Gasteiger partial charge in [-0.2, -0.15) is 0 Å². The highest BCUT2D eigenvalue weighted by Gasteiger charge is 2.07. The first kappa shape index (κ1) is 15.5. The van der Waals surface area contributed by atoms with Gasteiger partial charge in [0.15, 0.2) is 0 Å². The van der Waals surface area contributed by atoms with Crippen molar-refractivity contribution in [3.63, 3.8) is 0 Å². The Labute approximate surface area is 113 Å². The molecule has 1 aromatic rings. The first-order valence-corrected chi connectivity index (χ1v) is 7.66. The second-order valence-electron chi connectivity index (χ2n) is 4.16. The SMILES string of the molecule is CCCCCNC(=O)Nc1ccc(S(N)(=O)=O)cc1. The summed E-state index contributed by atoms with van der Waals surface area (Å²) in [5.74, 6) is 0. The Morgan fingerprint density at radius 1 is 1.21 bits per heavy atom. The van der Waals surface area contributed by atoms with E-state index in [0.29, 0.717) is 12.2 Å². The standard InChI is InChI=1S/C12H19N3O3S/c1-2-3-4-9-14-12(16)15-10-5-7-11(8-6-10)19(13,17)18/h5-8H,2-4,9H2,1H3,(H2,13,17,18)(H2,14,15,16). The summed E-state index contributed by atoms with van der Waals surface area (Å²) < 4.78 is 22.1. The Morgan fingerprint density at radius 2 is 1.84 bits per heavy atom. The van der Waals surface area contributed by atoms with Crippen LogP contribution in [0, 0.1) is 0 Å². The van der Waals surface area contributed by atoms with Gasteiger partial charge in [0.05, 0.1) is 4.90 Å². The summed E-state index contributed by atoms with van der Waals surface area (Å²) in [6.45, 7) is 2.71. The summed E-state index contributed by atoms with van der Waals surface area (Å²) in [5.41, 5.74) is 0.514. The third kappa shape index (κ3) is 5.71. The molecule has 4 N–H and O–H groups in total. The number of hydrogen-bond acceptors (Lipinski definition) is 3. The minimum atomic E-state index is -3.70. The number of rotatable bonds is 6. The molecule has 19 heavy (non-hydrogen) atoms. The molecule has 0 spiro atoms. The van der Waals surface area contributed by atoms with E-state index >= 15 is 0 Å². The van der Waals surface area contributed by atoms with Crippen molar-refractivity contribution in [2.24, 2.45) is 5.14 Å². The highest BCUT2D eigenvalue weighted by molar-refractivity contribution is 7.89. The van der Waals surface area contributed by atoms with Crippen molar-refractivity contribution >= 4 is 21.7 Å². The molecule has 0 aromatic heterocycles. The van der Waals surface area contributed by atoms with E-state index in [2.05, 4.69) is 17.6 Å². The Hall–Kier alpha value is -1.60. The number of anilines is 1. The van der Waals surface area contributed by atoms with Gasteiger partial charge in [0.2, 0.25) is 10.0 Å². The molecule has 0 bridgehead atoms. The smallest absolute Gasteiger partial charge is 0.319 e. The lowest BCUT2D eigenvalue weighted by atomic mass is 10.2. The number of carbonyl (C=O) groups is 1. The molecule has 0 saturated carbocycles. The van der Waals surface area contributed by atoms with E-state index in [-0.39, 0.29) is 10.9 Å². The summed E-state index contributed by atoms with van der Waals surface area (Å²) >= 11 is 0. The van der Waals surface area contributed by atoms with Crippen LogP contribution in [-0.2, 0) is 10.0 Å². The molecule has 0 fully saturated rings. The van der Waals surface area contributed by atoms with Gasteiger partial charge in [-0.15, -0.1) is 0 Å². The van der Waals surface area contributed by atoms with Gasteiger partial charge in [-0.1, -0.05) is 19.8 Å². The second kappa shape index (κ2) is 7.10. The largest absolute Gasteiger partial charge is 0.338 e. The van der Waals surface area contributed by atoms with Gasteiger partial charge >= 0.3 is 6.03 Å². The van der Waals surface area contributed by atoms with E-state index in [0.717, 1.165) is 19.3 Å². The molecule has 0 heterocycles. The molecular weight excluding hydrogens is 266 g/mol.